The normalized spacial score (nSPS) is 14.0. The van der Waals surface area contributed by atoms with Crippen molar-refractivity contribution in [1.82, 2.24) is 24.1 Å². The topological polar surface area (TPSA) is 124 Å². The van der Waals surface area contributed by atoms with Crippen LogP contribution in [0.25, 0.3) is 16.0 Å². The molecule has 0 spiro atoms. The van der Waals surface area contributed by atoms with Gasteiger partial charge in [-0.2, -0.15) is 4.98 Å². The Bertz CT molecular complexity index is 1400. The first-order valence-corrected chi connectivity index (χ1v) is 11.3. The van der Waals surface area contributed by atoms with Crippen molar-refractivity contribution in [2.24, 2.45) is 0 Å². The SMILES string of the molecule is COC(=O)c1ccc(NC(=O)Cn2nc3c4sc(N5CCCCC5)nc4ncn3c2=O)cc1. The van der Waals surface area contributed by atoms with E-state index in [9.17, 15) is 14.4 Å². The number of carbonyl (C=O) groups excluding carboxylic acids is 2. The summed E-state index contributed by atoms with van der Waals surface area (Å²) in [5.74, 6) is -0.885. The number of thiazole rings is 1. The number of methoxy groups -OCH3 is 1. The number of aromatic nitrogens is 5. The van der Waals surface area contributed by atoms with Crippen LogP contribution in [0.3, 0.4) is 0 Å². The van der Waals surface area contributed by atoms with Crippen LogP contribution >= 0.6 is 11.3 Å². The fourth-order valence-electron chi connectivity index (χ4n) is 3.79. The van der Waals surface area contributed by atoms with E-state index in [1.165, 1.54) is 35.6 Å². The van der Waals surface area contributed by atoms with Crippen LogP contribution < -0.4 is 15.9 Å². The first kappa shape index (κ1) is 21.1. The third kappa shape index (κ3) is 4.04. The fraction of sp³-hybridized carbons (Fsp3) is 0.333. The summed E-state index contributed by atoms with van der Waals surface area (Å²) in [6, 6.07) is 6.27. The van der Waals surface area contributed by atoms with Crippen LogP contribution in [0.15, 0.2) is 35.4 Å². The van der Waals surface area contributed by atoms with Crippen LogP contribution in [0.2, 0.25) is 0 Å². The fourth-order valence-corrected chi connectivity index (χ4v) is 4.84. The summed E-state index contributed by atoms with van der Waals surface area (Å²) < 4.78 is 7.81. The Labute approximate surface area is 191 Å². The van der Waals surface area contributed by atoms with Crippen molar-refractivity contribution in [1.29, 1.82) is 0 Å². The highest BCUT2D eigenvalue weighted by Gasteiger charge is 2.20. The van der Waals surface area contributed by atoms with Crippen LogP contribution in [0.5, 0.6) is 0 Å². The third-order valence-corrected chi connectivity index (χ3v) is 6.58. The molecule has 1 aliphatic heterocycles. The molecule has 0 saturated carbocycles. The molecular formula is C21H21N7O4S. The number of ether oxygens (including phenoxy) is 1. The van der Waals surface area contributed by atoms with Gasteiger partial charge in [-0.15, -0.1) is 5.10 Å². The van der Waals surface area contributed by atoms with Gasteiger partial charge in [-0.3, -0.25) is 4.79 Å². The number of esters is 1. The molecule has 12 heteroatoms. The molecule has 1 saturated heterocycles. The van der Waals surface area contributed by atoms with Gasteiger partial charge in [-0.25, -0.2) is 23.7 Å². The number of fused-ring (bicyclic) bond motifs is 3. The number of nitrogens with one attached hydrogen (secondary N) is 1. The van der Waals surface area contributed by atoms with E-state index in [4.69, 9.17) is 0 Å². The Kier molecular flexibility index (Phi) is 5.50. The lowest BCUT2D eigenvalue weighted by Crippen LogP contribution is -2.29. The zero-order valence-electron chi connectivity index (χ0n) is 17.9. The monoisotopic (exact) mass is 467 g/mol. The van der Waals surface area contributed by atoms with Crippen LogP contribution in [-0.2, 0) is 16.1 Å². The lowest BCUT2D eigenvalue weighted by Gasteiger charge is -2.25. The summed E-state index contributed by atoms with van der Waals surface area (Å²) in [5, 5.41) is 7.96. The highest BCUT2D eigenvalue weighted by Crippen LogP contribution is 2.31. The number of benzene rings is 1. The molecule has 33 heavy (non-hydrogen) atoms. The van der Waals surface area contributed by atoms with Crippen molar-refractivity contribution in [2.75, 3.05) is 30.4 Å². The maximum absolute atomic E-state index is 12.8. The second kappa shape index (κ2) is 8.62. The van der Waals surface area contributed by atoms with Gasteiger partial charge >= 0.3 is 11.7 Å². The van der Waals surface area contributed by atoms with Crippen molar-refractivity contribution in [3.05, 3.63) is 46.6 Å². The largest absolute Gasteiger partial charge is 0.465 e. The number of hydrogen-bond donors (Lipinski definition) is 1. The smallest absolute Gasteiger partial charge is 0.352 e. The number of nitrogens with zero attached hydrogens (tertiary/aromatic N) is 6. The van der Waals surface area contributed by atoms with Gasteiger partial charge in [0.1, 0.15) is 17.6 Å². The molecule has 0 unspecified atom stereocenters. The predicted octanol–water partition coefficient (Wildman–Crippen LogP) is 1.92. The van der Waals surface area contributed by atoms with Gasteiger partial charge in [0.05, 0.1) is 12.7 Å². The van der Waals surface area contributed by atoms with Crippen molar-refractivity contribution in [2.45, 2.75) is 25.8 Å². The van der Waals surface area contributed by atoms with Gasteiger partial charge in [0.2, 0.25) is 5.91 Å². The minimum absolute atomic E-state index is 0.265. The molecule has 1 aliphatic rings. The first-order chi connectivity index (χ1) is 16.0. The summed E-state index contributed by atoms with van der Waals surface area (Å²) in [7, 11) is 1.30. The quantitative estimate of drug-likeness (QED) is 0.442. The van der Waals surface area contributed by atoms with Gasteiger partial charge in [-0.1, -0.05) is 11.3 Å². The third-order valence-electron chi connectivity index (χ3n) is 5.48. The van der Waals surface area contributed by atoms with Gasteiger partial charge in [0.15, 0.2) is 16.4 Å². The molecule has 5 rings (SSSR count). The Morgan fingerprint density at radius 1 is 1.15 bits per heavy atom. The Morgan fingerprint density at radius 3 is 2.64 bits per heavy atom. The number of anilines is 2. The minimum atomic E-state index is -0.462. The highest BCUT2D eigenvalue weighted by atomic mass is 32.1. The lowest BCUT2D eigenvalue weighted by atomic mass is 10.1. The maximum atomic E-state index is 12.8. The summed E-state index contributed by atoms with van der Waals surface area (Å²) >= 11 is 1.46. The maximum Gasteiger partial charge on any atom is 0.352 e. The lowest BCUT2D eigenvalue weighted by molar-refractivity contribution is -0.117. The van der Waals surface area contributed by atoms with Crippen LogP contribution in [0.1, 0.15) is 29.6 Å². The van der Waals surface area contributed by atoms with E-state index in [2.05, 4.69) is 30.0 Å². The Balaban J connectivity index is 1.38. The van der Waals surface area contributed by atoms with E-state index in [1.807, 2.05) is 0 Å². The number of piperidine rings is 1. The number of hydrogen-bond acceptors (Lipinski definition) is 9. The zero-order valence-corrected chi connectivity index (χ0v) is 18.7. The standard InChI is InChI=1S/C21H21N7O4S/c1-32-19(30)13-5-7-14(8-6-13)23-15(29)11-28-21(31)27-12-22-17-16(18(27)25-28)33-20(24-17)26-9-3-2-4-10-26/h5-8,12H,2-4,9-11H2,1H3,(H,23,29). The van der Waals surface area contributed by atoms with Gasteiger partial charge in [0, 0.05) is 18.8 Å². The van der Waals surface area contributed by atoms with E-state index < -0.39 is 17.6 Å². The van der Waals surface area contributed by atoms with E-state index in [0.717, 1.165) is 35.7 Å². The average molecular weight is 468 g/mol. The number of amides is 1. The number of carbonyl (C=O) groups is 2. The van der Waals surface area contributed by atoms with E-state index >= 15 is 0 Å². The molecule has 3 aromatic heterocycles. The van der Waals surface area contributed by atoms with Gasteiger partial charge < -0.3 is 15.0 Å². The van der Waals surface area contributed by atoms with Crippen molar-refractivity contribution in [3.8, 4) is 0 Å². The Hall–Kier alpha value is -3.80. The minimum Gasteiger partial charge on any atom is -0.465 e. The average Bonchev–Trinajstić information content (AvgIpc) is 3.41. The summed E-state index contributed by atoms with van der Waals surface area (Å²) in [4.78, 5) is 48.0. The first-order valence-electron chi connectivity index (χ1n) is 10.5. The van der Waals surface area contributed by atoms with E-state index in [0.29, 0.717) is 27.2 Å². The van der Waals surface area contributed by atoms with Crippen molar-refractivity contribution < 1.29 is 14.3 Å². The molecule has 4 heterocycles. The number of rotatable bonds is 5. The molecule has 0 radical (unpaired) electrons. The zero-order chi connectivity index (χ0) is 22.9. The van der Waals surface area contributed by atoms with E-state index in [1.54, 1.807) is 24.3 Å². The van der Waals surface area contributed by atoms with Crippen molar-refractivity contribution >= 4 is 50.0 Å². The second-order valence-electron chi connectivity index (χ2n) is 7.69. The molecule has 0 aliphatic carbocycles. The summed E-state index contributed by atoms with van der Waals surface area (Å²) in [6.07, 6.45) is 4.88. The van der Waals surface area contributed by atoms with E-state index in [-0.39, 0.29) is 6.54 Å². The van der Waals surface area contributed by atoms with Crippen LogP contribution in [0.4, 0.5) is 10.8 Å². The molecule has 11 nitrogen and oxygen atoms in total. The van der Waals surface area contributed by atoms with Crippen LogP contribution in [-0.4, -0.2) is 56.2 Å². The molecule has 170 valence electrons. The predicted molar refractivity (Wildman–Crippen MR) is 123 cm³/mol. The molecule has 1 amide bonds. The molecular weight excluding hydrogens is 446 g/mol. The van der Waals surface area contributed by atoms with Crippen LogP contribution in [0, 0.1) is 0 Å². The summed E-state index contributed by atoms with van der Waals surface area (Å²) in [6.45, 7) is 1.65. The van der Waals surface area contributed by atoms with Crippen molar-refractivity contribution in [3.63, 3.8) is 0 Å². The highest BCUT2D eigenvalue weighted by molar-refractivity contribution is 7.22. The molecule has 1 fully saturated rings. The molecule has 0 atom stereocenters. The molecule has 4 aromatic rings. The second-order valence-corrected chi connectivity index (χ2v) is 8.67. The Morgan fingerprint density at radius 2 is 1.91 bits per heavy atom. The van der Waals surface area contributed by atoms with Gasteiger partial charge in [-0.05, 0) is 43.5 Å². The molecule has 1 N–H and O–H groups in total. The van der Waals surface area contributed by atoms with Gasteiger partial charge in [0.25, 0.3) is 0 Å². The summed E-state index contributed by atoms with van der Waals surface area (Å²) in [5.41, 5.74) is 1.38. The molecule has 0 bridgehead atoms. The molecule has 1 aromatic carbocycles.